The van der Waals surface area contributed by atoms with Gasteiger partial charge in [-0.15, -0.1) is 0 Å². The number of fused-ring (bicyclic) bond motifs is 1. The number of aryl methyl sites for hydroxylation is 1. The van der Waals surface area contributed by atoms with Crippen molar-refractivity contribution in [1.82, 2.24) is 10.3 Å². The van der Waals surface area contributed by atoms with E-state index in [-0.39, 0.29) is 18.0 Å². The van der Waals surface area contributed by atoms with Crippen molar-refractivity contribution in [3.05, 3.63) is 23.0 Å². The Morgan fingerprint density at radius 3 is 2.59 bits per heavy atom. The van der Waals surface area contributed by atoms with Crippen LogP contribution in [0.15, 0.2) is 6.07 Å². The van der Waals surface area contributed by atoms with E-state index in [2.05, 4.69) is 5.32 Å². The number of pyridine rings is 1. The minimum absolute atomic E-state index is 0.102. The maximum atomic E-state index is 13.0. The van der Waals surface area contributed by atoms with Gasteiger partial charge in [0.15, 0.2) is 0 Å². The summed E-state index contributed by atoms with van der Waals surface area (Å²) in [7, 11) is -0.494. The van der Waals surface area contributed by atoms with Gasteiger partial charge in [0.25, 0.3) is 5.91 Å². The smallest absolute Gasteiger partial charge is 0.399 e. The summed E-state index contributed by atoms with van der Waals surface area (Å²) < 4.78 is 18.0. The van der Waals surface area contributed by atoms with Gasteiger partial charge in [-0.25, -0.2) is 4.98 Å². The van der Waals surface area contributed by atoms with Crippen LogP contribution in [0.5, 0.6) is 0 Å². The molecule has 0 bridgehead atoms. The SMILES string of the molecule is CC1(C)OB(c2cc(C(=O)N[C@H]3CCOCC3N)nc3c2CCCC3)OC1(C)C. The largest absolute Gasteiger partial charge is 0.495 e. The van der Waals surface area contributed by atoms with Crippen molar-refractivity contribution in [2.75, 3.05) is 13.2 Å². The number of hydrogen-bond acceptors (Lipinski definition) is 6. The Morgan fingerprint density at radius 2 is 1.90 bits per heavy atom. The molecule has 0 saturated carbocycles. The van der Waals surface area contributed by atoms with Crippen LogP contribution in [0.3, 0.4) is 0 Å². The first-order valence-electron chi connectivity index (χ1n) is 10.7. The number of rotatable bonds is 3. The third-order valence-electron chi connectivity index (χ3n) is 6.79. The molecule has 7 nitrogen and oxygen atoms in total. The van der Waals surface area contributed by atoms with Gasteiger partial charge in [-0.3, -0.25) is 4.79 Å². The van der Waals surface area contributed by atoms with Gasteiger partial charge >= 0.3 is 7.12 Å². The summed E-state index contributed by atoms with van der Waals surface area (Å²) in [4.78, 5) is 17.7. The van der Waals surface area contributed by atoms with Crippen LogP contribution in [0.25, 0.3) is 0 Å². The second-order valence-corrected chi connectivity index (χ2v) is 9.42. The number of hydrogen-bond donors (Lipinski definition) is 2. The highest BCUT2D eigenvalue weighted by Crippen LogP contribution is 2.37. The molecule has 4 rings (SSSR count). The van der Waals surface area contributed by atoms with E-state index in [1.807, 2.05) is 33.8 Å². The minimum atomic E-state index is -0.494. The normalized spacial score (nSPS) is 28.1. The van der Waals surface area contributed by atoms with Gasteiger partial charge in [0.1, 0.15) is 5.69 Å². The zero-order valence-electron chi connectivity index (χ0n) is 17.9. The fourth-order valence-electron chi connectivity index (χ4n) is 4.21. The molecule has 1 aromatic heterocycles. The second-order valence-electron chi connectivity index (χ2n) is 9.42. The van der Waals surface area contributed by atoms with Gasteiger partial charge in [-0.2, -0.15) is 0 Å². The molecule has 2 aliphatic heterocycles. The summed E-state index contributed by atoms with van der Waals surface area (Å²) in [6, 6.07) is 1.55. The molecule has 1 aromatic rings. The van der Waals surface area contributed by atoms with E-state index in [4.69, 9.17) is 24.8 Å². The number of nitrogens with one attached hydrogen (secondary N) is 1. The summed E-state index contributed by atoms with van der Waals surface area (Å²) in [5.41, 5.74) is 8.76. The second kappa shape index (κ2) is 7.65. The van der Waals surface area contributed by atoms with Gasteiger partial charge in [0.2, 0.25) is 0 Å². The third kappa shape index (κ3) is 3.95. The van der Waals surface area contributed by atoms with Crippen molar-refractivity contribution in [3.8, 4) is 0 Å². The Morgan fingerprint density at radius 1 is 1.21 bits per heavy atom. The van der Waals surface area contributed by atoms with E-state index >= 15 is 0 Å². The average molecular weight is 401 g/mol. The Bertz CT molecular complexity index is 782. The average Bonchev–Trinajstić information content (AvgIpc) is 2.90. The molecule has 0 radical (unpaired) electrons. The molecule has 1 amide bonds. The van der Waals surface area contributed by atoms with Crippen molar-refractivity contribution in [3.63, 3.8) is 0 Å². The first kappa shape index (κ1) is 20.8. The van der Waals surface area contributed by atoms with Gasteiger partial charge in [-0.05, 0) is 76.9 Å². The fraction of sp³-hybridized carbons (Fsp3) is 0.714. The fourth-order valence-corrected chi connectivity index (χ4v) is 4.21. The van der Waals surface area contributed by atoms with Gasteiger partial charge in [-0.1, -0.05) is 0 Å². The number of amides is 1. The Labute approximate surface area is 173 Å². The van der Waals surface area contributed by atoms with Crippen molar-refractivity contribution < 1.29 is 18.8 Å². The maximum Gasteiger partial charge on any atom is 0.495 e. The van der Waals surface area contributed by atoms with Crippen LogP contribution in [0.4, 0.5) is 0 Å². The van der Waals surface area contributed by atoms with Crippen LogP contribution in [0.2, 0.25) is 0 Å². The molecule has 8 heteroatoms. The number of aromatic nitrogens is 1. The zero-order chi connectivity index (χ0) is 20.8. The highest BCUT2D eigenvalue weighted by molar-refractivity contribution is 6.62. The molecule has 2 saturated heterocycles. The summed E-state index contributed by atoms with van der Waals surface area (Å²) in [6.45, 7) is 9.24. The van der Waals surface area contributed by atoms with Crippen molar-refractivity contribution >= 4 is 18.5 Å². The molecule has 0 spiro atoms. The van der Waals surface area contributed by atoms with E-state index in [1.54, 1.807) is 0 Å². The van der Waals surface area contributed by atoms with Crippen molar-refractivity contribution in [2.45, 2.75) is 83.1 Å². The van der Waals surface area contributed by atoms with Gasteiger partial charge in [0.05, 0.1) is 17.8 Å². The lowest BCUT2D eigenvalue weighted by atomic mass is 9.72. The summed E-state index contributed by atoms with van der Waals surface area (Å²) >= 11 is 0. The molecular weight excluding hydrogens is 369 g/mol. The predicted octanol–water partition coefficient (Wildman–Crippen LogP) is 1.11. The molecule has 158 valence electrons. The molecule has 1 aliphatic carbocycles. The quantitative estimate of drug-likeness (QED) is 0.737. The predicted molar refractivity (Wildman–Crippen MR) is 111 cm³/mol. The summed E-state index contributed by atoms with van der Waals surface area (Å²) in [5, 5.41) is 3.05. The first-order chi connectivity index (χ1) is 13.7. The van der Waals surface area contributed by atoms with Crippen LogP contribution < -0.4 is 16.5 Å². The lowest BCUT2D eigenvalue weighted by molar-refractivity contribution is 0.00578. The van der Waals surface area contributed by atoms with Gasteiger partial charge < -0.3 is 25.1 Å². The Balaban J connectivity index is 1.64. The highest BCUT2D eigenvalue weighted by atomic mass is 16.7. The molecule has 3 aliphatic rings. The summed E-state index contributed by atoms with van der Waals surface area (Å²) in [6.07, 6.45) is 4.72. The van der Waals surface area contributed by atoms with Crippen LogP contribution in [0, 0.1) is 0 Å². The van der Waals surface area contributed by atoms with E-state index < -0.39 is 18.3 Å². The Kier molecular flexibility index (Phi) is 5.48. The van der Waals surface area contributed by atoms with Crippen LogP contribution in [-0.4, -0.2) is 54.5 Å². The molecule has 29 heavy (non-hydrogen) atoms. The van der Waals surface area contributed by atoms with E-state index in [0.29, 0.717) is 25.3 Å². The molecule has 2 fully saturated rings. The Hall–Kier alpha value is -1.48. The number of carbonyl (C=O) groups excluding carboxylic acids is 1. The zero-order valence-corrected chi connectivity index (χ0v) is 17.9. The molecule has 1 unspecified atom stereocenters. The minimum Gasteiger partial charge on any atom is -0.399 e. The standard InChI is InChI=1S/C21H32BN3O4/c1-20(2)21(3,4)29-22(28-20)14-11-18(24-16-8-6-5-7-13(14)16)19(26)25-17-9-10-27-12-15(17)23/h11,15,17H,5-10,12,23H2,1-4H3,(H,25,26)/t15?,17-/m0/s1. The van der Waals surface area contributed by atoms with Crippen LogP contribution in [0.1, 0.15) is 68.7 Å². The number of ether oxygens (including phenoxy) is 1. The topological polar surface area (TPSA) is 95.7 Å². The maximum absolute atomic E-state index is 13.0. The highest BCUT2D eigenvalue weighted by Gasteiger charge is 2.52. The summed E-state index contributed by atoms with van der Waals surface area (Å²) in [5.74, 6) is -0.196. The number of nitrogens with zero attached hydrogens (tertiary/aromatic N) is 1. The van der Waals surface area contributed by atoms with E-state index in [0.717, 1.165) is 36.8 Å². The number of carbonyl (C=O) groups is 1. The van der Waals surface area contributed by atoms with E-state index in [1.165, 1.54) is 5.56 Å². The first-order valence-corrected chi connectivity index (χ1v) is 10.7. The molecular formula is C21H32BN3O4. The lowest BCUT2D eigenvalue weighted by Gasteiger charge is -2.32. The lowest BCUT2D eigenvalue weighted by Crippen LogP contribution is -2.53. The third-order valence-corrected chi connectivity index (χ3v) is 6.79. The molecule has 3 N–H and O–H groups in total. The molecule has 2 atom stereocenters. The monoisotopic (exact) mass is 401 g/mol. The molecule has 3 heterocycles. The van der Waals surface area contributed by atoms with Crippen molar-refractivity contribution in [1.29, 1.82) is 0 Å². The van der Waals surface area contributed by atoms with Crippen LogP contribution >= 0.6 is 0 Å². The van der Waals surface area contributed by atoms with Gasteiger partial charge in [0, 0.05) is 24.4 Å². The number of nitrogens with two attached hydrogens (primary N) is 1. The molecule has 0 aromatic carbocycles. The van der Waals surface area contributed by atoms with Crippen LogP contribution in [-0.2, 0) is 26.9 Å². The van der Waals surface area contributed by atoms with Crippen molar-refractivity contribution in [2.24, 2.45) is 5.73 Å². The van der Waals surface area contributed by atoms with E-state index in [9.17, 15) is 4.79 Å².